The third-order valence-corrected chi connectivity index (χ3v) is 8.29. The number of allylic oxidation sites excluding steroid dienone is 1. The van der Waals surface area contributed by atoms with E-state index in [0.717, 1.165) is 52.6 Å². The normalized spacial score (nSPS) is 20.3. The van der Waals surface area contributed by atoms with E-state index < -0.39 is 0 Å². The number of carbonyl (C=O) groups excluding carboxylic acids is 1. The lowest BCUT2D eigenvalue weighted by atomic mass is 9.84. The Morgan fingerprint density at radius 1 is 1.36 bits per heavy atom. The fourth-order valence-corrected chi connectivity index (χ4v) is 6.57. The number of nitrogens with one attached hydrogen (secondary N) is 3. The van der Waals surface area contributed by atoms with Crippen molar-refractivity contribution < 1.29 is 14.6 Å². The summed E-state index contributed by atoms with van der Waals surface area (Å²) in [5, 5.41) is 28.8. The summed E-state index contributed by atoms with van der Waals surface area (Å²) in [6.45, 7) is 14.2. The fraction of sp³-hybridized carbons (Fsp3) is 0.444. The molecule has 1 unspecified atom stereocenters. The SMILES string of the molecule is C=C(NC1=CC(NC(=O)CN2CC(C)(C)C2)=CNC1C)c1cnn2cc(-c3c(CO)nn4c3OCCC4)sc12. The van der Waals surface area contributed by atoms with Gasteiger partial charge in [-0.25, -0.2) is 9.20 Å². The first-order valence-corrected chi connectivity index (χ1v) is 14.0. The molecule has 3 aromatic rings. The lowest BCUT2D eigenvalue weighted by Crippen LogP contribution is -2.55. The van der Waals surface area contributed by atoms with Crippen LogP contribution in [0.25, 0.3) is 21.0 Å². The number of fused-ring (bicyclic) bond motifs is 2. The van der Waals surface area contributed by atoms with Crippen molar-refractivity contribution in [1.29, 1.82) is 0 Å². The molecule has 206 valence electrons. The highest BCUT2D eigenvalue weighted by atomic mass is 32.1. The molecule has 3 aromatic heterocycles. The quantitative estimate of drug-likeness (QED) is 0.337. The van der Waals surface area contributed by atoms with Crippen molar-refractivity contribution in [2.75, 3.05) is 26.2 Å². The molecule has 0 aliphatic carbocycles. The smallest absolute Gasteiger partial charge is 0.238 e. The third kappa shape index (κ3) is 4.95. The average molecular weight is 551 g/mol. The molecule has 11 nitrogen and oxygen atoms in total. The van der Waals surface area contributed by atoms with Crippen LogP contribution < -0.4 is 20.7 Å². The van der Waals surface area contributed by atoms with Gasteiger partial charge in [-0.05, 0) is 18.4 Å². The Morgan fingerprint density at radius 3 is 2.95 bits per heavy atom. The molecule has 0 radical (unpaired) electrons. The second kappa shape index (κ2) is 9.85. The Labute approximate surface area is 230 Å². The van der Waals surface area contributed by atoms with Gasteiger partial charge < -0.3 is 25.8 Å². The van der Waals surface area contributed by atoms with Crippen LogP contribution >= 0.6 is 11.3 Å². The van der Waals surface area contributed by atoms with Crippen LogP contribution in [-0.4, -0.2) is 67.6 Å². The number of hydrogen-bond acceptors (Lipinski definition) is 9. The first-order valence-electron chi connectivity index (χ1n) is 13.2. The molecule has 6 rings (SSSR count). The maximum atomic E-state index is 12.6. The predicted octanol–water partition coefficient (Wildman–Crippen LogP) is 2.27. The van der Waals surface area contributed by atoms with Gasteiger partial charge in [-0.15, -0.1) is 11.3 Å². The maximum Gasteiger partial charge on any atom is 0.238 e. The second-order valence-electron chi connectivity index (χ2n) is 11.2. The molecule has 0 spiro atoms. The molecule has 0 saturated carbocycles. The van der Waals surface area contributed by atoms with Gasteiger partial charge >= 0.3 is 0 Å². The van der Waals surface area contributed by atoms with E-state index in [1.165, 1.54) is 0 Å². The van der Waals surface area contributed by atoms with Crippen LogP contribution in [0.5, 0.6) is 5.88 Å². The van der Waals surface area contributed by atoms with Crippen LogP contribution in [0.2, 0.25) is 0 Å². The highest BCUT2D eigenvalue weighted by Crippen LogP contribution is 2.40. The Morgan fingerprint density at radius 2 is 2.18 bits per heavy atom. The van der Waals surface area contributed by atoms with Gasteiger partial charge in [0.2, 0.25) is 11.8 Å². The predicted molar refractivity (Wildman–Crippen MR) is 150 cm³/mol. The summed E-state index contributed by atoms with van der Waals surface area (Å²) in [6.07, 6.45) is 8.38. The molecule has 6 heterocycles. The maximum absolute atomic E-state index is 12.6. The molecule has 39 heavy (non-hydrogen) atoms. The number of aryl methyl sites for hydroxylation is 1. The fourth-order valence-electron chi connectivity index (χ4n) is 5.42. The average Bonchev–Trinajstić information content (AvgIpc) is 3.56. The minimum Gasteiger partial charge on any atom is -0.477 e. The summed E-state index contributed by atoms with van der Waals surface area (Å²) < 4.78 is 9.56. The summed E-state index contributed by atoms with van der Waals surface area (Å²) >= 11 is 1.55. The molecular weight excluding hydrogens is 516 g/mol. The van der Waals surface area contributed by atoms with Gasteiger partial charge in [0.25, 0.3) is 0 Å². The Kier molecular flexibility index (Phi) is 6.48. The molecule has 1 atom stereocenters. The Bertz CT molecular complexity index is 1500. The monoisotopic (exact) mass is 550 g/mol. The van der Waals surface area contributed by atoms with E-state index in [2.05, 4.69) is 51.5 Å². The standard InChI is InChI=1S/C27H34N8O3S/c1-16(30-20-8-18(9-28-17(20)2)31-23(37)12-33-14-27(3,4)15-33)19-10-29-35-11-22(39-26(19)35)24-21(13-36)32-34-6-5-7-38-25(24)34/h8-11,17,28,30,36H,1,5-7,12-15H2,2-4H3,(H,31,37). The van der Waals surface area contributed by atoms with Crippen molar-refractivity contribution in [3.8, 4) is 16.3 Å². The summed E-state index contributed by atoms with van der Waals surface area (Å²) in [7, 11) is 0. The van der Waals surface area contributed by atoms with Gasteiger partial charge in [0, 0.05) is 49.8 Å². The van der Waals surface area contributed by atoms with Crippen LogP contribution in [-0.2, 0) is 17.9 Å². The van der Waals surface area contributed by atoms with Gasteiger partial charge in [0.1, 0.15) is 10.5 Å². The van der Waals surface area contributed by atoms with Gasteiger partial charge in [0.15, 0.2) is 0 Å². The molecule has 3 aliphatic heterocycles. The van der Waals surface area contributed by atoms with Gasteiger partial charge in [-0.1, -0.05) is 20.4 Å². The number of nitrogens with zero attached hydrogens (tertiary/aromatic N) is 5. The van der Waals surface area contributed by atoms with Gasteiger partial charge in [-0.3, -0.25) is 9.69 Å². The molecule has 4 N–H and O–H groups in total. The number of dihydropyridines is 1. The van der Waals surface area contributed by atoms with E-state index in [4.69, 9.17) is 4.74 Å². The molecule has 1 amide bonds. The molecule has 3 aliphatic rings. The Balaban J connectivity index is 1.18. The number of aliphatic hydroxyl groups excluding tert-OH is 1. The first kappa shape index (κ1) is 25.7. The molecule has 12 heteroatoms. The summed E-state index contributed by atoms with van der Waals surface area (Å²) in [5.41, 5.74) is 4.86. The van der Waals surface area contributed by atoms with E-state index in [1.807, 2.05) is 34.6 Å². The van der Waals surface area contributed by atoms with E-state index in [0.29, 0.717) is 36.1 Å². The van der Waals surface area contributed by atoms with Crippen LogP contribution in [0.4, 0.5) is 0 Å². The van der Waals surface area contributed by atoms with Crippen LogP contribution in [0, 0.1) is 5.41 Å². The van der Waals surface area contributed by atoms with E-state index in [-0.39, 0.29) is 24.0 Å². The Hall–Kier alpha value is -3.61. The number of rotatable bonds is 8. The highest BCUT2D eigenvalue weighted by molar-refractivity contribution is 7.21. The highest BCUT2D eigenvalue weighted by Gasteiger charge is 2.35. The summed E-state index contributed by atoms with van der Waals surface area (Å²) in [4.78, 5) is 16.6. The van der Waals surface area contributed by atoms with Crippen LogP contribution in [0.1, 0.15) is 38.4 Å². The minimum atomic E-state index is -0.165. The number of thiazole rings is 1. The zero-order valence-corrected chi connectivity index (χ0v) is 23.3. The lowest BCUT2D eigenvalue weighted by Gasteiger charge is -2.45. The third-order valence-electron chi connectivity index (χ3n) is 7.16. The number of aromatic nitrogens is 4. The van der Waals surface area contributed by atoms with Crippen LogP contribution in [0.15, 0.2) is 42.6 Å². The van der Waals surface area contributed by atoms with Crippen molar-refractivity contribution >= 4 is 27.8 Å². The van der Waals surface area contributed by atoms with E-state index in [9.17, 15) is 9.90 Å². The molecule has 0 aromatic carbocycles. The lowest BCUT2D eigenvalue weighted by molar-refractivity contribution is -0.124. The second-order valence-corrected chi connectivity index (χ2v) is 12.2. The molecule has 0 bridgehead atoms. The van der Waals surface area contributed by atoms with E-state index in [1.54, 1.807) is 17.5 Å². The topological polar surface area (TPSA) is 121 Å². The summed E-state index contributed by atoms with van der Waals surface area (Å²) in [6, 6.07) is 0.00625. The molecular formula is C27H34N8O3S. The number of hydrogen-bond donors (Lipinski definition) is 4. The van der Waals surface area contributed by atoms with Crippen molar-refractivity contribution in [3.05, 3.63) is 53.9 Å². The van der Waals surface area contributed by atoms with Crippen molar-refractivity contribution in [2.24, 2.45) is 5.41 Å². The van der Waals surface area contributed by atoms with Gasteiger partial charge in [0.05, 0.1) is 53.7 Å². The number of aliphatic hydroxyl groups is 1. The largest absolute Gasteiger partial charge is 0.477 e. The van der Waals surface area contributed by atoms with Crippen LogP contribution in [0.3, 0.4) is 0 Å². The van der Waals surface area contributed by atoms with Crippen molar-refractivity contribution in [3.63, 3.8) is 0 Å². The number of ether oxygens (including phenoxy) is 1. The van der Waals surface area contributed by atoms with E-state index >= 15 is 0 Å². The first-order chi connectivity index (χ1) is 18.7. The number of likely N-dealkylation sites (tertiary alicyclic amines) is 1. The van der Waals surface area contributed by atoms with Gasteiger partial charge in [-0.2, -0.15) is 10.2 Å². The molecule has 1 fully saturated rings. The zero-order chi connectivity index (χ0) is 27.3. The number of carbonyl (C=O) groups is 1. The van der Waals surface area contributed by atoms with Crippen molar-refractivity contribution in [2.45, 2.75) is 46.4 Å². The number of amides is 1. The zero-order valence-electron chi connectivity index (χ0n) is 22.5. The molecule has 1 saturated heterocycles. The van der Waals surface area contributed by atoms with Crippen molar-refractivity contribution in [1.82, 2.24) is 40.2 Å². The minimum absolute atomic E-state index is 0.00625. The summed E-state index contributed by atoms with van der Waals surface area (Å²) in [5.74, 6) is 0.667.